The maximum atomic E-state index is 11.3. The van der Waals surface area contributed by atoms with E-state index in [0.717, 1.165) is 0 Å². The molecule has 0 aliphatic carbocycles. The Hall–Kier alpha value is -2.78. The van der Waals surface area contributed by atoms with Gasteiger partial charge in [-0.2, -0.15) is 24.7 Å². The highest BCUT2D eigenvalue weighted by molar-refractivity contribution is 5.74. The lowest BCUT2D eigenvalue weighted by molar-refractivity contribution is -0.140. The number of hydrogen-bond acceptors (Lipinski definition) is 9. The quantitative estimate of drug-likeness (QED) is 0.671. The topological polar surface area (TPSA) is 120 Å². The van der Waals surface area contributed by atoms with E-state index in [2.05, 4.69) is 35.7 Å². The zero-order valence-corrected chi connectivity index (χ0v) is 11.1. The Bertz CT molecular complexity index is 571. The third-order valence-corrected chi connectivity index (χ3v) is 2.17. The van der Waals surface area contributed by atoms with Crippen molar-refractivity contribution in [2.75, 3.05) is 30.8 Å². The summed E-state index contributed by atoms with van der Waals surface area (Å²) in [6.07, 6.45) is 2.83. The van der Waals surface area contributed by atoms with Gasteiger partial charge in [-0.05, 0) is 6.92 Å². The molecule has 0 bridgehead atoms. The van der Waals surface area contributed by atoms with Crippen molar-refractivity contribution in [3.8, 4) is 5.95 Å². The molecule has 0 aromatic carbocycles. The molecule has 0 amide bonds. The van der Waals surface area contributed by atoms with Crippen molar-refractivity contribution in [2.24, 2.45) is 0 Å². The van der Waals surface area contributed by atoms with Gasteiger partial charge in [-0.1, -0.05) is 0 Å². The van der Waals surface area contributed by atoms with Gasteiger partial charge in [0, 0.05) is 7.05 Å². The van der Waals surface area contributed by atoms with Gasteiger partial charge in [0.1, 0.15) is 19.2 Å². The van der Waals surface area contributed by atoms with Crippen molar-refractivity contribution >= 4 is 17.9 Å². The van der Waals surface area contributed by atoms with Crippen molar-refractivity contribution in [1.82, 2.24) is 29.7 Å². The Morgan fingerprint density at radius 3 is 2.80 bits per heavy atom. The van der Waals surface area contributed by atoms with Gasteiger partial charge >= 0.3 is 5.97 Å². The van der Waals surface area contributed by atoms with Crippen LogP contribution in [0.15, 0.2) is 12.7 Å². The van der Waals surface area contributed by atoms with Gasteiger partial charge in [0.05, 0.1) is 6.61 Å². The van der Waals surface area contributed by atoms with Crippen LogP contribution in [0.1, 0.15) is 6.92 Å². The van der Waals surface area contributed by atoms with Crippen LogP contribution in [-0.4, -0.2) is 55.9 Å². The smallest absolute Gasteiger partial charge is 0.325 e. The number of rotatable bonds is 6. The van der Waals surface area contributed by atoms with Gasteiger partial charge < -0.3 is 15.4 Å². The summed E-state index contributed by atoms with van der Waals surface area (Å²) < 4.78 is 6.19. The summed E-state index contributed by atoms with van der Waals surface area (Å²) in [5.41, 5.74) is 0. The van der Waals surface area contributed by atoms with E-state index < -0.39 is 0 Å². The SMILES string of the molecule is CCOC(=O)CNc1nc(NC)nc(-n2cncn2)n1. The van der Waals surface area contributed by atoms with Gasteiger partial charge in [-0.3, -0.25) is 4.79 Å². The Morgan fingerprint density at radius 2 is 2.15 bits per heavy atom. The number of nitrogens with one attached hydrogen (secondary N) is 2. The number of anilines is 2. The molecule has 0 spiro atoms. The Morgan fingerprint density at radius 1 is 1.35 bits per heavy atom. The molecule has 2 rings (SSSR count). The summed E-state index contributed by atoms with van der Waals surface area (Å²) in [5.74, 6) is 0.481. The molecule has 0 fully saturated rings. The van der Waals surface area contributed by atoms with E-state index in [-0.39, 0.29) is 24.4 Å². The first-order valence-corrected chi connectivity index (χ1v) is 5.91. The van der Waals surface area contributed by atoms with E-state index >= 15 is 0 Å². The minimum absolute atomic E-state index is 0.0300. The lowest BCUT2D eigenvalue weighted by atomic mass is 10.6. The number of ether oxygens (including phenoxy) is 1. The third-order valence-electron chi connectivity index (χ3n) is 2.17. The molecule has 0 aliphatic rings. The van der Waals surface area contributed by atoms with Gasteiger partial charge in [0.15, 0.2) is 0 Å². The predicted octanol–water partition coefficient (Wildman–Crippen LogP) is -0.531. The molecular formula is C10H14N8O2. The first kappa shape index (κ1) is 13.6. The Kier molecular flexibility index (Phi) is 4.37. The molecule has 10 nitrogen and oxygen atoms in total. The fourth-order valence-electron chi connectivity index (χ4n) is 1.33. The second kappa shape index (κ2) is 6.41. The number of aromatic nitrogens is 6. The van der Waals surface area contributed by atoms with E-state index in [1.807, 2.05) is 0 Å². The average molecular weight is 278 g/mol. The highest BCUT2D eigenvalue weighted by Gasteiger charge is 2.09. The lowest BCUT2D eigenvalue weighted by Gasteiger charge is -2.07. The zero-order chi connectivity index (χ0) is 14.4. The lowest BCUT2D eigenvalue weighted by Crippen LogP contribution is -2.19. The molecule has 2 heterocycles. The van der Waals surface area contributed by atoms with Crippen LogP contribution < -0.4 is 10.6 Å². The molecule has 20 heavy (non-hydrogen) atoms. The van der Waals surface area contributed by atoms with Crippen molar-refractivity contribution in [3.63, 3.8) is 0 Å². The van der Waals surface area contributed by atoms with Gasteiger partial charge in [0.2, 0.25) is 11.9 Å². The molecule has 2 N–H and O–H groups in total. The largest absolute Gasteiger partial charge is 0.465 e. The van der Waals surface area contributed by atoms with E-state index in [4.69, 9.17) is 4.74 Å². The van der Waals surface area contributed by atoms with Crippen LogP contribution in [0.25, 0.3) is 5.95 Å². The van der Waals surface area contributed by atoms with E-state index in [1.165, 1.54) is 17.3 Å². The predicted molar refractivity (Wildman–Crippen MR) is 69.4 cm³/mol. The monoisotopic (exact) mass is 278 g/mol. The molecule has 0 unspecified atom stereocenters. The summed E-state index contributed by atoms with van der Waals surface area (Å²) in [4.78, 5) is 27.4. The Labute approximate surface area is 114 Å². The first-order valence-electron chi connectivity index (χ1n) is 5.91. The summed E-state index contributed by atoms with van der Waals surface area (Å²) >= 11 is 0. The first-order chi connectivity index (χ1) is 9.72. The van der Waals surface area contributed by atoms with Crippen molar-refractivity contribution < 1.29 is 9.53 Å². The van der Waals surface area contributed by atoms with Crippen LogP contribution in [0.5, 0.6) is 0 Å². The van der Waals surface area contributed by atoms with Crippen LogP contribution in [0.3, 0.4) is 0 Å². The van der Waals surface area contributed by atoms with Gasteiger partial charge in [0.25, 0.3) is 5.95 Å². The summed E-state index contributed by atoms with van der Waals surface area (Å²) in [6.45, 7) is 2.03. The molecule has 0 saturated carbocycles. The molecule has 0 atom stereocenters. The molecule has 10 heteroatoms. The molecule has 106 valence electrons. The summed E-state index contributed by atoms with van der Waals surface area (Å²) in [7, 11) is 1.68. The third kappa shape index (κ3) is 3.37. The Balaban J connectivity index is 2.16. The molecule has 0 radical (unpaired) electrons. The highest BCUT2D eigenvalue weighted by Crippen LogP contribution is 2.07. The minimum Gasteiger partial charge on any atom is -0.465 e. The maximum absolute atomic E-state index is 11.3. The van der Waals surface area contributed by atoms with Crippen LogP contribution >= 0.6 is 0 Å². The normalized spacial score (nSPS) is 10.1. The summed E-state index contributed by atoms with van der Waals surface area (Å²) in [6, 6.07) is 0. The van der Waals surface area contributed by atoms with Crippen LogP contribution in [0.2, 0.25) is 0 Å². The fourth-order valence-corrected chi connectivity index (χ4v) is 1.33. The second-order valence-corrected chi connectivity index (χ2v) is 3.53. The number of hydrogen-bond donors (Lipinski definition) is 2. The average Bonchev–Trinajstić information content (AvgIpc) is 2.99. The molecule has 0 saturated heterocycles. The molecule has 2 aromatic rings. The number of nitrogens with zero attached hydrogens (tertiary/aromatic N) is 6. The van der Waals surface area contributed by atoms with Crippen molar-refractivity contribution in [2.45, 2.75) is 6.92 Å². The fraction of sp³-hybridized carbons (Fsp3) is 0.400. The van der Waals surface area contributed by atoms with E-state index in [1.54, 1.807) is 14.0 Å². The minimum atomic E-state index is -0.388. The number of carbonyl (C=O) groups excluding carboxylic acids is 1. The molecular weight excluding hydrogens is 264 g/mol. The molecule has 2 aromatic heterocycles. The zero-order valence-electron chi connectivity index (χ0n) is 11.1. The number of carbonyl (C=O) groups is 1. The van der Waals surface area contributed by atoms with Crippen molar-refractivity contribution in [1.29, 1.82) is 0 Å². The van der Waals surface area contributed by atoms with Crippen LogP contribution in [-0.2, 0) is 9.53 Å². The van der Waals surface area contributed by atoms with E-state index in [0.29, 0.717) is 12.6 Å². The second-order valence-electron chi connectivity index (χ2n) is 3.53. The van der Waals surface area contributed by atoms with Gasteiger partial charge in [-0.15, -0.1) is 0 Å². The highest BCUT2D eigenvalue weighted by atomic mass is 16.5. The van der Waals surface area contributed by atoms with Crippen LogP contribution in [0.4, 0.5) is 11.9 Å². The van der Waals surface area contributed by atoms with Crippen LogP contribution in [0, 0.1) is 0 Å². The number of esters is 1. The molecule has 0 aliphatic heterocycles. The van der Waals surface area contributed by atoms with Gasteiger partial charge in [-0.25, -0.2) is 4.98 Å². The van der Waals surface area contributed by atoms with E-state index in [9.17, 15) is 4.79 Å². The maximum Gasteiger partial charge on any atom is 0.325 e. The van der Waals surface area contributed by atoms with Crippen molar-refractivity contribution in [3.05, 3.63) is 12.7 Å². The standard InChI is InChI=1S/C10H14N8O2/c1-3-20-7(19)4-13-9-15-8(11-2)16-10(17-9)18-6-12-5-14-18/h5-6H,3-4H2,1-2H3,(H2,11,13,15,16,17). The summed E-state index contributed by atoms with van der Waals surface area (Å²) in [5, 5.41) is 9.50.